The van der Waals surface area contributed by atoms with Crippen molar-refractivity contribution >= 4 is 46.6 Å². The molecule has 4 aliphatic rings. The number of benzene rings is 4. The van der Waals surface area contributed by atoms with Gasteiger partial charge in [-0.3, -0.25) is 24.6 Å². The lowest BCUT2D eigenvalue weighted by molar-refractivity contribution is -0.138. The smallest absolute Gasteiger partial charge is 0.260 e. The Morgan fingerprint density at radius 3 is 2.24 bits per heavy atom. The predicted octanol–water partition coefficient (Wildman–Crippen LogP) is 6.85. The third-order valence-electron chi connectivity index (χ3n) is 11.1. The first-order chi connectivity index (χ1) is 23.6. The highest BCUT2D eigenvalue weighted by Crippen LogP contribution is 2.65. The molecule has 2 aliphatic carbocycles. The van der Waals surface area contributed by atoms with Crippen molar-refractivity contribution in [2.75, 3.05) is 10.3 Å². The lowest BCUT2D eigenvalue weighted by atomic mass is 9.49. The highest BCUT2D eigenvalue weighted by Gasteiger charge is 2.70. The molecule has 0 aromatic heterocycles. The van der Waals surface area contributed by atoms with Crippen molar-refractivity contribution in [2.45, 2.75) is 38.0 Å². The number of imide groups is 2. The lowest BCUT2D eigenvalue weighted by Crippen LogP contribution is -2.53. The monoisotopic (exact) mass is 671 g/mol. The van der Waals surface area contributed by atoms with Gasteiger partial charge in [0.25, 0.3) is 11.8 Å². The zero-order valence-electron chi connectivity index (χ0n) is 27.0. The molecule has 3 fully saturated rings. The van der Waals surface area contributed by atoms with Gasteiger partial charge in [-0.25, -0.2) is 4.90 Å². The van der Waals surface area contributed by atoms with E-state index in [2.05, 4.69) is 5.43 Å². The quantitative estimate of drug-likeness (QED) is 0.178. The van der Waals surface area contributed by atoms with Gasteiger partial charge in [-0.2, -0.15) is 5.01 Å². The van der Waals surface area contributed by atoms with Crippen molar-refractivity contribution < 1.29 is 24.3 Å². The summed E-state index contributed by atoms with van der Waals surface area (Å²) in [6, 6.07) is 28.7. The van der Waals surface area contributed by atoms with Crippen molar-refractivity contribution in [3.8, 4) is 5.75 Å². The molecule has 0 bridgehead atoms. The number of hydrogen-bond acceptors (Lipinski definition) is 6. The molecule has 1 saturated carbocycles. The second kappa shape index (κ2) is 11.4. The van der Waals surface area contributed by atoms with Crippen LogP contribution in [0, 0.1) is 37.5 Å². The number of para-hydroxylation sites is 1. The van der Waals surface area contributed by atoms with E-state index in [1.165, 1.54) is 4.90 Å². The van der Waals surface area contributed by atoms with Crippen LogP contribution < -0.4 is 10.3 Å². The number of amides is 4. The van der Waals surface area contributed by atoms with Gasteiger partial charge in [-0.15, -0.1) is 0 Å². The van der Waals surface area contributed by atoms with E-state index >= 15 is 4.79 Å². The van der Waals surface area contributed by atoms with E-state index in [1.54, 1.807) is 42.5 Å². The van der Waals surface area contributed by atoms with E-state index in [0.717, 1.165) is 21.7 Å². The summed E-state index contributed by atoms with van der Waals surface area (Å²) in [6.45, 7) is 3.81. The fraction of sp³-hybridized carbons (Fsp3) is 0.250. The second-order valence-corrected chi connectivity index (χ2v) is 14.0. The summed E-state index contributed by atoms with van der Waals surface area (Å²) in [5.41, 5.74) is 6.42. The van der Waals surface area contributed by atoms with Crippen molar-refractivity contribution in [1.29, 1.82) is 0 Å². The summed E-state index contributed by atoms with van der Waals surface area (Å²) in [6.07, 6.45) is 2.43. The van der Waals surface area contributed by atoms with Gasteiger partial charge in [0.2, 0.25) is 11.8 Å². The summed E-state index contributed by atoms with van der Waals surface area (Å²) < 4.78 is 0. The molecule has 0 radical (unpaired) electrons. The first-order valence-corrected chi connectivity index (χ1v) is 16.9. The minimum atomic E-state index is -1.44. The molecular formula is C40H34ClN3O5. The van der Waals surface area contributed by atoms with Gasteiger partial charge < -0.3 is 5.11 Å². The molecule has 4 aromatic carbocycles. The molecule has 8 nitrogen and oxygen atoms in total. The normalized spacial score (nSPS) is 27.5. The fourth-order valence-corrected chi connectivity index (χ4v) is 8.97. The van der Waals surface area contributed by atoms with Gasteiger partial charge in [-0.05, 0) is 74.1 Å². The van der Waals surface area contributed by atoms with Gasteiger partial charge >= 0.3 is 0 Å². The number of aromatic hydroxyl groups is 1. The average molecular weight is 672 g/mol. The number of rotatable bonds is 5. The zero-order valence-corrected chi connectivity index (χ0v) is 27.7. The maximum Gasteiger partial charge on any atom is 0.260 e. The first kappa shape index (κ1) is 31.1. The van der Waals surface area contributed by atoms with Crippen LogP contribution in [0.2, 0.25) is 5.02 Å². The lowest BCUT2D eigenvalue weighted by Gasteiger charge is -2.50. The number of hydrogen-bond donors (Lipinski definition) is 2. The Morgan fingerprint density at radius 2 is 1.53 bits per heavy atom. The number of nitrogens with one attached hydrogen (secondary N) is 1. The van der Waals surface area contributed by atoms with Crippen molar-refractivity contribution in [3.05, 3.63) is 136 Å². The summed E-state index contributed by atoms with van der Waals surface area (Å²) in [5, 5.41) is 13.0. The van der Waals surface area contributed by atoms with Crippen LogP contribution in [-0.2, 0) is 24.6 Å². The van der Waals surface area contributed by atoms with E-state index in [4.69, 9.17) is 11.6 Å². The van der Waals surface area contributed by atoms with Crippen molar-refractivity contribution in [1.82, 2.24) is 5.01 Å². The van der Waals surface area contributed by atoms with Crippen molar-refractivity contribution in [3.63, 3.8) is 0 Å². The standard InChI is InChI=1S/C40H34ClN3O5/c1-22-12-15-25(16-13-22)42-44-37(47)31-21-30-27(18-19-29-34(30)38(48)43(36(29)46)26-17-14-23(2)32(41)20-26)35(28-10-6-7-11-33(28)45)40(31,39(44)49)24-8-4-3-5-9-24/h3-18,20,29-31,34-35,42,45H,19,21H2,1-2H3/t29-,30+,31-,34-,35+,40+/m0/s1. The molecule has 49 heavy (non-hydrogen) atoms. The van der Waals surface area contributed by atoms with E-state index in [9.17, 15) is 19.5 Å². The maximum absolute atomic E-state index is 15.1. The van der Waals surface area contributed by atoms with Crippen LogP contribution in [0.4, 0.5) is 11.4 Å². The molecule has 2 saturated heterocycles. The topological polar surface area (TPSA) is 107 Å². The highest BCUT2D eigenvalue weighted by molar-refractivity contribution is 6.32. The molecule has 4 aromatic rings. The number of phenols is 1. The van der Waals surface area contributed by atoms with Crippen LogP contribution >= 0.6 is 11.6 Å². The number of halogens is 1. The van der Waals surface area contributed by atoms with E-state index in [1.807, 2.05) is 74.5 Å². The Morgan fingerprint density at radius 1 is 0.816 bits per heavy atom. The molecule has 2 aliphatic heterocycles. The van der Waals surface area contributed by atoms with Gasteiger partial charge in [0, 0.05) is 16.5 Å². The third kappa shape index (κ3) is 4.50. The van der Waals surface area contributed by atoms with Gasteiger partial charge in [0.05, 0.1) is 34.5 Å². The number of hydrazine groups is 1. The molecule has 2 N–H and O–H groups in total. The molecule has 0 unspecified atom stereocenters. The Kier molecular flexibility index (Phi) is 7.26. The fourth-order valence-electron chi connectivity index (χ4n) is 8.80. The molecule has 9 heteroatoms. The zero-order chi connectivity index (χ0) is 34.2. The molecule has 4 amide bonds. The van der Waals surface area contributed by atoms with Crippen LogP contribution in [0.3, 0.4) is 0 Å². The van der Waals surface area contributed by atoms with E-state index in [-0.39, 0.29) is 30.4 Å². The number of nitrogens with zero attached hydrogens (tertiary/aromatic N) is 2. The van der Waals surface area contributed by atoms with Gasteiger partial charge in [0.15, 0.2) is 0 Å². The summed E-state index contributed by atoms with van der Waals surface area (Å²) in [4.78, 5) is 59.5. The van der Waals surface area contributed by atoms with Crippen LogP contribution in [0.25, 0.3) is 0 Å². The van der Waals surface area contributed by atoms with Gasteiger partial charge in [-0.1, -0.05) is 95.5 Å². The van der Waals surface area contributed by atoms with Gasteiger partial charge in [0.1, 0.15) is 5.75 Å². The predicted molar refractivity (Wildman–Crippen MR) is 186 cm³/mol. The molecule has 0 spiro atoms. The Labute approximate surface area is 289 Å². The first-order valence-electron chi connectivity index (χ1n) is 16.5. The van der Waals surface area contributed by atoms with Crippen LogP contribution in [0.15, 0.2) is 109 Å². The Bertz CT molecular complexity index is 2080. The van der Waals surface area contributed by atoms with Crippen LogP contribution in [0.1, 0.15) is 41.0 Å². The Balaban J connectivity index is 1.31. The molecule has 246 valence electrons. The van der Waals surface area contributed by atoms with Crippen molar-refractivity contribution in [2.24, 2.45) is 23.7 Å². The summed E-state index contributed by atoms with van der Waals surface area (Å²) >= 11 is 6.43. The Hall–Kier alpha value is -5.21. The summed E-state index contributed by atoms with van der Waals surface area (Å²) in [7, 11) is 0. The minimum Gasteiger partial charge on any atom is -0.508 e. The minimum absolute atomic E-state index is 0.0137. The molecular weight excluding hydrogens is 638 g/mol. The average Bonchev–Trinajstić information content (AvgIpc) is 3.48. The number of anilines is 2. The SMILES string of the molecule is Cc1ccc(NN2C(=O)[C@@H]3C[C@@H]4C(=CC[C@@H]5C(=O)N(c6ccc(C)c(Cl)c6)C(=O)[C@@H]54)[C@H](c4ccccc4O)[C@]3(c3ccccc3)C2=O)cc1. The largest absolute Gasteiger partial charge is 0.508 e. The van der Waals surface area contributed by atoms with Crippen LogP contribution in [0.5, 0.6) is 5.75 Å². The highest BCUT2D eigenvalue weighted by atomic mass is 35.5. The van der Waals surface area contributed by atoms with E-state index in [0.29, 0.717) is 27.5 Å². The maximum atomic E-state index is 15.1. The molecule has 2 heterocycles. The number of aryl methyl sites for hydroxylation is 2. The number of allylic oxidation sites excluding steroid dienone is 2. The third-order valence-corrected chi connectivity index (χ3v) is 11.5. The summed E-state index contributed by atoms with van der Waals surface area (Å²) in [5.74, 6) is -5.15. The van der Waals surface area contributed by atoms with Crippen LogP contribution in [-0.4, -0.2) is 33.7 Å². The number of carbonyl (C=O) groups excluding carboxylic acids is 4. The number of carbonyl (C=O) groups is 4. The molecule has 6 atom stereocenters. The number of fused-ring (bicyclic) bond motifs is 4. The second-order valence-electron chi connectivity index (χ2n) is 13.6. The number of phenolic OH excluding ortho intramolecular Hbond substituents is 1. The van der Waals surface area contributed by atoms with E-state index < -0.39 is 46.8 Å². The molecule has 8 rings (SSSR count).